The molecule has 0 spiro atoms. The Balaban J connectivity index is 2.84. The molecule has 1 atom stereocenters. The van der Waals surface area contributed by atoms with Gasteiger partial charge in [-0.3, -0.25) is 10.3 Å². The number of morpholine rings is 1. The van der Waals surface area contributed by atoms with E-state index in [-0.39, 0.29) is 23.1 Å². The summed E-state index contributed by atoms with van der Waals surface area (Å²) in [5, 5.41) is 7.64. The van der Waals surface area contributed by atoms with E-state index in [1.165, 1.54) is 0 Å². The number of nitrogens with two attached hydrogens (primary N) is 1. The van der Waals surface area contributed by atoms with Gasteiger partial charge in [0.25, 0.3) is 0 Å². The molecule has 0 amide bonds. The predicted octanol–water partition coefficient (Wildman–Crippen LogP) is 1.59. The second kappa shape index (κ2) is 4.34. The third-order valence-corrected chi connectivity index (χ3v) is 2.91. The molecular weight excluding hydrogens is 202 g/mol. The summed E-state index contributed by atoms with van der Waals surface area (Å²) in [6.07, 6.45) is 0.876. The summed E-state index contributed by atoms with van der Waals surface area (Å²) >= 11 is 0. The second-order valence-corrected chi connectivity index (χ2v) is 5.91. The van der Waals surface area contributed by atoms with Gasteiger partial charge < -0.3 is 10.5 Å². The van der Waals surface area contributed by atoms with Crippen molar-refractivity contribution in [3.05, 3.63) is 0 Å². The van der Waals surface area contributed by atoms with Gasteiger partial charge in [0, 0.05) is 13.1 Å². The molecule has 1 rings (SSSR count). The summed E-state index contributed by atoms with van der Waals surface area (Å²) in [5.74, 6) is 0.260. The maximum Gasteiger partial charge on any atom is 0.108 e. The van der Waals surface area contributed by atoms with Gasteiger partial charge >= 0.3 is 0 Å². The highest BCUT2D eigenvalue weighted by molar-refractivity contribution is 5.82. The number of rotatable bonds is 3. The van der Waals surface area contributed by atoms with Crippen molar-refractivity contribution in [2.24, 2.45) is 5.73 Å². The Kier molecular flexibility index (Phi) is 3.65. The number of hydrogen-bond donors (Lipinski definition) is 2. The first kappa shape index (κ1) is 13.5. The van der Waals surface area contributed by atoms with Gasteiger partial charge in [-0.1, -0.05) is 6.92 Å². The van der Waals surface area contributed by atoms with E-state index in [0.29, 0.717) is 0 Å². The molecule has 0 bridgehead atoms. The lowest BCUT2D eigenvalue weighted by Crippen LogP contribution is -2.61. The topological polar surface area (TPSA) is 62.3 Å². The average Bonchev–Trinajstić information content (AvgIpc) is 1.97. The first-order valence-corrected chi connectivity index (χ1v) is 5.95. The molecule has 0 aromatic rings. The second-order valence-electron chi connectivity index (χ2n) is 5.91. The summed E-state index contributed by atoms with van der Waals surface area (Å²) in [7, 11) is 0. The number of ether oxygens (including phenoxy) is 1. The predicted molar refractivity (Wildman–Crippen MR) is 66.8 cm³/mol. The summed E-state index contributed by atoms with van der Waals surface area (Å²) in [6, 6.07) is 0.0439. The van der Waals surface area contributed by atoms with E-state index < -0.39 is 0 Å². The van der Waals surface area contributed by atoms with E-state index >= 15 is 0 Å². The van der Waals surface area contributed by atoms with Crippen molar-refractivity contribution >= 4 is 5.84 Å². The monoisotopic (exact) mass is 227 g/mol. The summed E-state index contributed by atoms with van der Waals surface area (Å²) in [4.78, 5) is 2.27. The third kappa shape index (κ3) is 3.19. The van der Waals surface area contributed by atoms with Crippen molar-refractivity contribution < 1.29 is 4.74 Å². The van der Waals surface area contributed by atoms with E-state index in [1.807, 2.05) is 0 Å². The van der Waals surface area contributed by atoms with Gasteiger partial charge in [-0.25, -0.2) is 0 Å². The zero-order chi connectivity index (χ0) is 12.6. The van der Waals surface area contributed by atoms with Crippen molar-refractivity contribution in [2.45, 2.75) is 58.3 Å². The maximum atomic E-state index is 7.64. The molecule has 1 aliphatic heterocycles. The van der Waals surface area contributed by atoms with Crippen LogP contribution in [0, 0.1) is 5.41 Å². The van der Waals surface area contributed by atoms with E-state index in [0.717, 1.165) is 19.5 Å². The van der Waals surface area contributed by atoms with E-state index in [9.17, 15) is 0 Å². The van der Waals surface area contributed by atoms with E-state index in [1.54, 1.807) is 0 Å². The van der Waals surface area contributed by atoms with Gasteiger partial charge in [0.2, 0.25) is 0 Å². The molecule has 0 radical (unpaired) electrons. The van der Waals surface area contributed by atoms with Crippen molar-refractivity contribution in [1.82, 2.24) is 4.90 Å². The van der Waals surface area contributed by atoms with Crippen LogP contribution >= 0.6 is 0 Å². The van der Waals surface area contributed by atoms with Gasteiger partial charge in [-0.05, 0) is 34.1 Å². The molecule has 1 unspecified atom stereocenters. The van der Waals surface area contributed by atoms with Crippen LogP contribution in [-0.2, 0) is 4.74 Å². The number of amidine groups is 1. The Hall–Kier alpha value is -0.610. The average molecular weight is 227 g/mol. The van der Waals surface area contributed by atoms with Crippen LogP contribution in [-0.4, -0.2) is 41.1 Å². The highest BCUT2D eigenvalue weighted by atomic mass is 16.5. The first-order valence-electron chi connectivity index (χ1n) is 5.95. The lowest BCUT2D eigenvalue weighted by Gasteiger charge is -2.49. The zero-order valence-corrected chi connectivity index (χ0v) is 11.1. The Morgan fingerprint density at radius 1 is 1.31 bits per heavy atom. The van der Waals surface area contributed by atoms with Gasteiger partial charge in [-0.15, -0.1) is 0 Å². The summed E-state index contributed by atoms with van der Waals surface area (Å²) in [5.41, 5.74) is 5.30. The van der Waals surface area contributed by atoms with Gasteiger partial charge in [-0.2, -0.15) is 0 Å². The molecule has 1 fully saturated rings. The third-order valence-electron chi connectivity index (χ3n) is 2.91. The molecule has 1 aliphatic rings. The van der Waals surface area contributed by atoms with Crippen molar-refractivity contribution in [1.29, 1.82) is 5.41 Å². The Morgan fingerprint density at radius 3 is 2.06 bits per heavy atom. The van der Waals surface area contributed by atoms with Crippen LogP contribution < -0.4 is 5.73 Å². The highest BCUT2D eigenvalue weighted by Crippen LogP contribution is 2.29. The lowest BCUT2D eigenvalue weighted by molar-refractivity contribution is -0.183. The van der Waals surface area contributed by atoms with E-state index in [2.05, 4.69) is 39.5 Å². The quantitative estimate of drug-likeness (QED) is 0.568. The van der Waals surface area contributed by atoms with Crippen LogP contribution in [0.15, 0.2) is 0 Å². The molecule has 1 heterocycles. The summed E-state index contributed by atoms with van der Waals surface area (Å²) in [6.45, 7) is 12.1. The van der Waals surface area contributed by atoms with Crippen molar-refractivity contribution in [3.63, 3.8) is 0 Å². The van der Waals surface area contributed by atoms with E-state index in [4.69, 9.17) is 15.9 Å². The van der Waals surface area contributed by atoms with Gasteiger partial charge in [0.15, 0.2) is 0 Å². The first-order chi connectivity index (χ1) is 7.17. The number of nitrogens with zero attached hydrogens (tertiary/aromatic N) is 1. The van der Waals surface area contributed by atoms with Gasteiger partial charge in [0.05, 0.1) is 17.2 Å². The van der Waals surface area contributed by atoms with Crippen LogP contribution in [0.5, 0.6) is 0 Å². The molecule has 0 aliphatic carbocycles. The molecule has 0 saturated carbocycles. The molecule has 4 nitrogen and oxygen atoms in total. The maximum absolute atomic E-state index is 7.64. The van der Waals surface area contributed by atoms with Crippen LogP contribution in [0.2, 0.25) is 0 Å². The fourth-order valence-corrected chi connectivity index (χ4v) is 2.74. The fraction of sp³-hybridized carbons (Fsp3) is 0.917. The molecule has 1 saturated heterocycles. The molecule has 0 aromatic carbocycles. The fourth-order valence-electron chi connectivity index (χ4n) is 2.74. The molecule has 0 aromatic heterocycles. The Labute approximate surface area is 98.6 Å². The number of hydrogen-bond acceptors (Lipinski definition) is 3. The highest BCUT2D eigenvalue weighted by Gasteiger charge is 2.40. The Bertz CT molecular complexity index is 257. The Morgan fingerprint density at radius 2 is 1.75 bits per heavy atom. The summed E-state index contributed by atoms with van der Waals surface area (Å²) < 4.78 is 6.01. The van der Waals surface area contributed by atoms with Crippen molar-refractivity contribution in [2.75, 3.05) is 13.1 Å². The smallest absolute Gasteiger partial charge is 0.108 e. The van der Waals surface area contributed by atoms with Crippen LogP contribution in [0.25, 0.3) is 0 Å². The molecule has 16 heavy (non-hydrogen) atoms. The minimum atomic E-state index is -0.176. The minimum Gasteiger partial charge on any atom is -0.386 e. The lowest BCUT2D eigenvalue weighted by atomic mass is 9.96. The SMILES string of the molecule is CCC(C(=N)N)N1CC(C)(C)OC(C)(C)C1. The normalized spacial score (nSPS) is 26.3. The number of nitrogens with one attached hydrogen (secondary N) is 1. The minimum absolute atomic E-state index is 0.0439. The standard InChI is InChI=1S/C12H25N3O/c1-6-9(10(13)14)15-7-11(2,3)16-12(4,5)8-15/h9H,6-8H2,1-5H3,(H3,13,14). The molecule has 3 N–H and O–H groups in total. The molecule has 94 valence electrons. The van der Waals surface area contributed by atoms with Gasteiger partial charge in [0.1, 0.15) is 5.84 Å². The molecular formula is C12H25N3O. The van der Waals surface area contributed by atoms with Crippen molar-refractivity contribution in [3.8, 4) is 0 Å². The van der Waals surface area contributed by atoms with Crippen LogP contribution in [0.1, 0.15) is 41.0 Å². The van der Waals surface area contributed by atoms with Crippen LogP contribution in [0.3, 0.4) is 0 Å². The van der Waals surface area contributed by atoms with Crippen LogP contribution in [0.4, 0.5) is 0 Å². The molecule has 4 heteroatoms. The largest absolute Gasteiger partial charge is 0.386 e. The zero-order valence-electron chi connectivity index (χ0n) is 11.1.